The molecule has 0 radical (unpaired) electrons. The van der Waals surface area contributed by atoms with Gasteiger partial charge in [0.2, 0.25) is 0 Å². The van der Waals surface area contributed by atoms with E-state index in [1.165, 1.54) is 0 Å². The van der Waals surface area contributed by atoms with Crippen LogP contribution in [0.25, 0.3) is 0 Å². The zero-order chi connectivity index (χ0) is 11.1. The van der Waals surface area contributed by atoms with Gasteiger partial charge in [-0.3, -0.25) is 9.59 Å². The number of carbonyl (C=O) groups excluding carboxylic acids is 2. The van der Waals surface area contributed by atoms with Gasteiger partial charge in [0, 0.05) is 0 Å². The molecule has 0 aromatic carbocycles. The van der Waals surface area contributed by atoms with Crippen LogP contribution in [0.1, 0.15) is 27.7 Å². The van der Waals surface area contributed by atoms with Crippen molar-refractivity contribution in [1.82, 2.24) is 0 Å². The molecule has 84 valence electrons. The molecule has 0 aliphatic carbocycles. The number of ether oxygens (including phenoxy) is 2. The second-order valence-electron chi connectivity index (χ2n) is 3.23. The fraction of sp³-hybridized carbons (Fsp3) is 0.800. The van der Waals surface area contributed by atoms with Crippen molar-refractivity contribution in [2.24, 2.45) is 11.8 Å². The molecule has 0 spiro atoms. The number of esters is 2. The van der Waals surface area contributed by atoms with Gasteiger partial charge >= 0.3 is 41.5 Å². The molecule has 0 aliphatic rings. The quantitative estimate of drug-likeness (QED) is 0.394. The van der Waals surface area contributed by atoms with Gasteiger partial charge in [0.05, 0.1) is 13.2 Å². The van der Waals surface area contributed by atoms with E-state index in [0.29, 0.717) is 0 Å². The number of carbonyl (C=O) groups is 2. The molecule has 0 unspecified atom stereocenters. The second-order valence-corrected chi connectivity index (χ2v) is 3.23. The van der Waals surface area contributed by atoms with Gasteiger partial charge in [0.25, 0.3) is 0 Å². The molecule has 0 saturated heterocycles. The van der Waals surface area contributed by atoms with E-state index < -0.39 is 17.9 Å². The van der Waals surface area contributed by atoms with Gasteiger partial charge in [-0.05, 0) is 19.8 Å². The Kier molecular flexibility index (Phi) is 10.6. The van der Waals surface area contributed by atoms with Gasteiger partial charge in [-0.1, -0.05) is 13.8 Å². The fourth-order valence-electron chi connectivity index (χ4n) is 1.10. The van der Waals surface area contributed by atoms with E-state index in [4.69, 9.17) is 9.47 Å². The molecule has 15 heavy (non-hydrogen) atoms. The summed E-state index contributed by atoms with van der Waals surface area (Å²) < 4.78 is 9.59. The SMILES string of the molecule is CCOC(=O)C(C(=O)OCC)C(C)C.[NaH]. The summed E-state index contributed by atoms with van der Waals surface area (Å²) in [5.74, 6) is -1.90. The Labute approximate surface area is 113 Å². The first-order valence-electron chi connectivity index (χ1n) is 4.87. The van der Waals surface area contributed by atoms with E-state index in [-0.39, 0.29) is 48.7 Å². The zero-order valence-corrected chi connectivity index (χ0v) is 9.20. The summed E-state index contributed by atoms with van der Waals surface area (Å²) in [7, 11) is 0. The fourth-order valence-corrected chi connectivity index (χ4v) is 1.10. The molecule has 0 aromatic heterocycles. The third kappa shape index (κ3) is 6.17. The molecule has 0 aromatic rings. The van der Waals surface area contributed by atoms with E-state index in [1.54, 1.807) is 27.7 Å². The molecule has 4 nitrogen and oxygen atoms in total. The van der Waals surface area contributed by atoms with E-state index in [1.807, 2.05) is 0 Å². The Bertz CT molecular complexity index is 186. The average molecular weight is 226 g/mol. The zero-order valence-electron chi connectivity index (χ0n) is 9.20. The summed E-state index contributed by atoms with van der Waals surface area (Å²) >= 11 is 0. The van der Waals surface area contributed by atoms with Gasteiger partial charge in [-0.2, -0.15) is 0 Å². The van der Waals surface area contributed by atoms with Crippen LogP contribution in [-0.4, -0.2) is 54.7 Å². The van der Waals surface area contributed by atoms with E-state index in [2.05, 4.69) is 0 Å². The first kappa shape index (κ1) is 17.3. The standard InChI is InChI=1S/C10H18O4.Na.H/c1-5-13-9(11)8(7(3)4)10(12)14-6-2;;/h7-8H,5-6H2,1-4H3;;. The molecule has 0 saturated carbocycles. The predicted molar refractivity (Wildman–Crippen MR) is 58.7 cm³/mol. The second kappa shape index (κ2) is 9.19. The number of hydrogen-bond donors (Lipinski definition) is 0. The number of hydrogen-bond acceptors (Lipinski definition) is 4. The van der Waals surface area contributed by atoms with Crippen molar-refractivity contribution < 1.29 is 19.1 Å². The van der Waals surface area contributed by atoms with Crippen molar-refractivity contribution >= 4 is 41.5 Å². The monoisotopic (exact) mass is 226 g/mol. The van der Waals surface area contributed by atoms with Gasteiger partial charge in [0.15, 0.2) is 5.92 Å². The average Bonchev–Trinajstić information content (AvgIpc) is 2.04. The Morgan fingerprint density at radius 3 is 1.53 bits per heavy atom. The van der Waals surface area contributed by atoms with Crippen molar-refractivity contribution in [2.45, 2.75) is 27.7 Å². The van der Waals surface area contributed by atoms with Crippen LogP contribution in [0.2, 0.25) is 0 Å². The number of rotatable bonds is 5. The topological polar surface area (TPSA) is 52.6 Å². The van der Waals surface area contributed by atoms with Crippen LogP contribution in [0.3, 0.4) is 0 Å². The van der Waals surface area contributed by atoms with Crippen molar-refractivity contribution in [3.8, 4) is 0 Å². The normalized spacial score (nSPS) is 9.73. The maximum atomic E-state index is 11.4. The van der Waals surface area contributed by atoms with E-state index >= 15 is 0 Å². The van der Waals surface area contributed by atoms with Crippen LogP contribution in [0.5, 0.6) is 0 Å². The first-order chi connectivity index (χ1) is 6.54. The van der Waals surface area contributed by atoms with Gasteiger partial charge in [0.1, 0.15) is 0 Å². The molecular weight excluding hydrogens is 207 g/mol. The molecule has 0 amide bonds. The summed E-state index contributed by atoms with van der Waals surface area (Å²) in [5.41, 5.74) is 0. The van der Waals surface area contributed by atoms with Crippen molar-refractivity contribution in [1.29, 1.82) is 0 Å². The summed E-state index contributed by atoms with van der Waals surface area (Å²) in [6.07, 6.45) is 0. The molecule has 5 heteroatoms. The van der Waals surface area contributed by atoms with Crippen LogP contribution >= 0.6 is 0 Å². The van der Waals surface area contributed by atoms with Gasteiger partial charge in [-0.25, -0.2) is 0 Å². The van der Waals surface area contributed by atoms with Crippen molar-refractivity contribution in [3.05, 3.63) is 0 Å². The molecule has 0 atom stereocenters. The summed E-state index contributed by atoms with van der Waals surface area (Å²) in [6, 6.07) is 0. The Balaban J connectivity index is 0. The molecule has 0 rings (SSSR count). The summed E-state index contributed by atoms with van der Waals surface area (Å²) in [6.45, 7) is 7.56. The third-order valence-corrected chi connectivity index (χ3v) is 1.75. The summed E-state index contributed by atoms with van der Waals surface area (Å²) in [4.78, 5) is 22.8. The van der Waals surface area contributed by atoms with Gasteiger partial charge < -0.3 is 9.47 Å². The van der Waals surface area contributed by atoms with E-state index in [0.717, 1.165) is 0 Å². The van der Waals surface area contributed by atoms with Crippen molar-refractivity contribution in [2.75, 3.05) is 13.2 Å². The Hall–Kier alpha value is -0.0600. The maximum absolute atomic E-state index is 11.4. The Morgan fingerprint density at radius 2 is 1.33 bits per heavy atom. The minimum atomic E-state index is -0.796. The Morgan fingerprint density at radius 1 is 1.00 bits per heavy atom. The van der Waals surface area contributed by atoms with Crippen LogP contribution in [0, 0.1) is 11.8 Å². The van der Waals surface area contributed by atoms with Gasteiger partial charge in [-0.15, -0.1) is 0 Å². The molecule has 0 bridgehead atoms. The first-order valence-corrected chi connectivity index (χ1v) is 4.87. The van der Waals surface area contributed by atoms with Crippen LogP contribution in [0.4, 0.5) is 0 Å². The van der Waals surface area contributed by atoms with Crippen LogP contribution < -0.4 is 0 Å². The minimum absolute atomic E-state index is 0. The van der Waals surface area contributed by atoms with Crippen LogP contribution in [0.15, 0.2) is 0 Å². The van der Waals surface area contributed by atoms with Crippen molar-refractivity contribution in [3.63, 3.8) is 0 Å². The molecule has 0 heterocycles. The van der Waals surface area contributed by atoms with E-state index in [9.17, 15) is 9.59 Å². The third-order valence-electron chi connectivity index (χ3n) is 1.75. The molecule has 0 N–H and O–H groups in total. The van der Waals surface area contributed by atoms with Crippen LogP contribution in [-0.2, 0) is 19.1 Å². The predicted octanol–water partition coefficient (Wildman–Crippen LogP) is 0.736. The molecular formula is C10H19NaO4. The molecule has 0 aliphatic heterocycles. The summed E-state index contributed by atoms with van der Waals surface area (Å²) in [5, 5.41) is 0. The molecule has 0 fully saturated rings.